The minimum atomic E-state index is -0.171. The summed E-state index contributed by atoms with van der Waals surface area (Å²) in [5.41, 5.74) is 1.05. The summed E-state index contributed by atoms with van der Waals surface area (Å²) in [6.45, 7) is 3.12. The molecular weight excluding hydrogens is 230 g/mol. The molecule has 1 aromatic rings. The van der Waals surface area contributed by atoms with Gasteiger partial charge in [-0.2, -0.15) is 0 Å². The van der Waals surface area contributed by atoms with Crippen LogP contribution in [-0.4, -0.2) is 36.0 Å². The maximum absolute atomic E-state index is 12.1. The van der Waals surface area contributed by atoms with Gasteiger partial charge >= 0.3 is 0 Å². The van der Waals surface area contributed by atoms with Gasteiger partial charge in [-0.25, -0.2) is 0 Å². The van der Waals surface area contributed by atoms with Crippen LogP contribution in [0.5, 0.6) is 0 Å². The summed E-state index contributed by atoms with van der Waals surface area (Å²) in [4.78, 5) is 25.6. The summed E-state index contributed by atoms with van der Waals surface area (Å²) in [5.74, 6) is -0.0764. The van der Waals surface area contributed by atoms with Crippen LogP contribution in [0.25, 0.3) is 0 Å². The van der Waals surface area contributed by atoms with Crippen LogP contribution in [0.1, 0.15) is 34.1 Å². The highest BCUT2D eigenvalue weighted by Gasteiger charge is 2.37. The summed E-state index contributed by atoms with van der Waals surface area (Å²) >= 11 is 0. The van der Waals surface area contributed by atoms with E-state index in [2.05, 4.69) is 0 Å². The number of rotatable bonds is 2. The number of benzene rings is 1. The molecule has 0 aromatic heterocycles. The third kappa shape index (κ3) is 1.73. The molecule has 2 aliphatic rings. The molecule has 4 heteroatoms. The molecule has 1 fully saturated rings. The van der Waals surface area contributed by atoms with Gasteiger partial charge in [-0.3, -0.25) is 14.5 Å². The van der Waals surface area contributed by atoms with E-state index in [0.717, 1.165) is 6.42 Å². The summed E-state index contributed by atoms with van der Waals surface area (Å²) in [7, 11) is 0. The van der Waals surface area contributed by atoms with Crippen LogP contribution in [0.2, 0.25) is 0 Å². The van der Waals surface area contributed by atoms with E-state index in [4.69, 9.17) is 4.74 Å². The van der Waals surface area contributed by atoms with E-state index in [-0.39, 0.29) is 23.8 Å². The minimum Gasteiger partial charge on any atom is -0.378 e. The highest BCUT2D eigenvalue weighted by atomic mass is 16.5. The van der Waals surface area contributed by atoms with E-state index in [0.29, 0.717) is 24.3 Å². The van der Waals surface area contributed by atoms with Crippen molar-refractivity contribution in [2.24, 2.45) is 5.92 Å². The number of carbonyl (C=O) groups is 2. The van der Waals surface area contributed by atoms with Crippen molar-refractivity contribution in [3.63, 3.8) is 0 Å². The number of nitrogens with zero attached hydrogens (tertiary/aromatic N) is 1. The Labute approximate surface area is 106 Å². The zero-order valence-electron chi connectivity index (χ0n) is 10.3. The molecule has 18 heavy (non-hydrogen) atoms. The van der Waals surface area contributed by atoms with Crippen molar-refractivity contribution in [1.29, 1.82) is 0 Å². The number of carbonyl (C=O) groups excluding carboxylic acids is 2. The number of fused-ring (bicyclic) bond motifs is 1. The maximum Gasteiger partial charge on any atom is 0.261 e. The molecule has 0 saturated carbocycles. The average molecular weight is 245 g/mol. The molecule has 0 N–H and O–H groups in total. The second kappa shape index (κ2) is 4.21. The van der Waals surface area contributed by atoms with Gasteiger partial charge in [-0.05, 0) is 25.5 Å². The van der Waals surface area contributed by atoms with E-state index in [1.165, 1.54) is 4.90 Å². The molecule has 0 aliphatic carbocycles. The molecule has 3 rings (SSSR count). The Morgan fingerprint density at radius 2 is 1.83 bits per heavy atom. The molecule has 2 amide bonds. The Morgan fingerprint density at radius 1 is 1.22 bits per heavy atom. The van der Waals surface area contributed by atoms with E-state index in [1.807, 2.05) is 6.92 Å². The summed E-state index contributed by atoms with van der Waals surface area (Å²) < 4.78 is 5.47. The van der Waals surface area contributed by atoms with E-state index in [9.17, 15) is 9.59 Å². The van der Waals surface area contributed by atoms with Crippen LogP contribution < -0.4 is 0 Å². The first kappa shape index (κ1) is 11.4. The lowest BCUT2D eigenvalue weighted by Gasteiger charge is -2.17. The quantitative estimate of drug-likeness (QED) is 0.745. The van der Waals surface area contributed by atoms with Crippen molar-refractivity contribution in [1.82, 2.24) is 4.90 Å². The smallest absolute Gasteiger partial charge is 0.261 e. The highest BCUT2D eigenvalue weighted by Crippen LogP contribution is 2.26. The van der Waals surface area contributed by atoms with Crippen LogP contribution in [0.15, 0.2) is 24.3 Å². The first-order valence-corrected chi connectivity index (χ1v) is 6.23. The van der Waals surface area contributed by atoms with E-state index in [1.54, 1.807) is 24.3 Å². The molecule has 0 spiro atoms. The summed E-state index contributed by atoms with van der Waals surface area (Å²) in [5, 5.41) is 0. The number of hydrogen-bond acceptors (Lipinski definition) is 3. The van der Waals surface area contributed by atoms with Crippen molar-refractivity contribution in [2.75, 3.05) is 13.2 Å². The van der Waals surface area contributed by atoms with Crippen molar-refractivity contribution < 1.29 is 14.3 Å². The fourth-order valence-corrected chi connectivity index (χ4v) is 2.70. The Morgan fingerprint density at radius 3 is 2.33 bits per heavy atom. The topological polar surface area (TPSA) is 46.6 Å². The van der Waals surface area contributed by atoms with Crippen LogP contribution in [0.4, 0.5) is 0 Å². The standard InChI is InChI=1S/C14H15NO3/c1-9-6-10(8-18-9)7-15-13(16)11-4-2-3-5-12(11)14(15)17/h2-5,9-10H,6-8H2,1H3. The second-order valence-electron chi connectivity index (χ2n) is 5.01. The largest absolute Gasteiger partial charge is 0.378 e. The lowest BCUT2D eigenvalue weighted by molar-refractivity contribution is 0.0620. The van der Waals surface area contributed by atoms with Crippen LogP contribution >= 0.6 is 0 Å². The first-order valence-electron chi connectivity index (χ1n) is 6.23. The molecular formula is C14H15NO3. The molecule has 4 nitrogen and oxygen atoms in total. The molecule has 1 saturated heterocycles. The Hall–Kier alpha value is -1.68. The van der Waals surface area contributed by atoms with Gasteiger partial charge in [0.1, 0.15) is 0 Å². The number of amides is 2. The monoisotopic (exact) mass is 245 g/mol. The lowest BCUT2D eigenvalue weighted by atomic mass is 10.1. The molecule has 0 radical (unpaired) electrons. The first-order chi connectivity index (χ1) is 8.66. The van der Waals surface area contributed by atoms with Gasteiger partial charge in [0.15, 0.2) is 0 Å². The average Bonchev–Trinajstić information content (AvgIpc) is 2.88. The second-order valence-corrected chi connectivity index (χ2v) is 5.01. The molecule has 2 heterocycles. The predicted molar refractivity (Wildman–Crippen MR) is 65.3 cm³/mol. The molecule has 2 unspecified atom stereocenters. The van der Waals surface area contributed by atoms with Gasteiger partial charge in [0.2, 0.25) is 0 Å². The third-order valence-corrected chi connectivity index (χ3v) is 3.60. The predicted octanol–water partition coefficient (Wildman–Crippen LogP) is 1.71. The van der Waals surface area contributed by atoms with Gasteiger partial charge in [-0.1, -0.05) is 12.1 Å². The Bertz CT molecular complexity index is 477. The molecule has 2 atom stereocenters. The van der Waals surface area contributed by atoms with Crippen LogP contribution in [0, 0.1) is 5.92 Å². The molecule has 1 aromatic carbocycles. The highest BCUT2D eigenvalue weighted by molar-refractivity contribution is 6.21. The van der Waals surface area contributed by atoms with Gasteiger partial charge in [0.05, 0.1) is 23.8 Å². The number of hydrogen-bond donors (Lipinski definition) is 0. The summed E-state index contributed by atoms with van der Waals surface area (Å²) in [6, 6.07) is 7.00. The van der Waals surface area contributed by atoms with Gasteiger partial charge < -0.3 is 4.74 Å². The van der Waals surface area contributed by atoms with Gasteiger partial charge in [-0.15, -0.1) is 0 Å². The van der Waals surface area contributed by atoms with Crippen LogP contribution in [0.3, 0.4) is 0 Å². The number of imide groups is 1. The Balaban J connectivity index is 1.80. The van der Waals surface area contributed by atoms with Crippen molar-refractivity contribution in [2.45, 2.75) is 19.4 Å². The zero-order valence-corrected chi connectivity index (χ0v) is 10.3. The molecule has 2 aliphatic heterocycles. The van der Waals surface area contributed by atoms with E-state index >= 15 is 0 Å². The van der Waals surface area contributed by atoms with Crippen molar-refractivity contribution >= 4 is 11.8 Å². The van der Waals surface area contributed by atoms with E-state index < -0.39 is 0 Å². The molecule has 94 valence electrons. The lowest BCUT2D eigenvalue weighted by Crippen LogP contribution is -2.34. The van der Waals surface area contributed by atoms with Crippen molar-refractivity contribution in [3.05, 3.63) is 35.4 Å². The van der Waals surface area contributed by atoms with Gasteiger partial charge in [0.25, 0.3) is 11.8 Å². The van der Waals surface area contributed by atoms with Crippen molar-refractivity contribution in [3.8, 4) is 0 Å². The minimum absolute atomic E-state index is 0.171. The third-order valence-electron chi connectivity index (χ3n) is 3.60. The summed E-state index contributed by atoms with van der Waals surface area (Å²) in [6.07, 6.45) is 1.14. The fourth-order valence-electron chi connectivity index (χ4n) is 2.70. The number of ether oxygens (including phenoxy) is 1. The van der Waals surface area contributed by atoms with Gasteiger partial charge in [0, 0.05) is 12.5 Å². The Kier molecular flexibility index (Phi) is 2.67. The SMILES string of the molecule is CC1CC(CN2C(=O)c3ccccc3C2=O)CO1. The maximum atomic E-state index is 12.1. The normalized spacial score (nSPS) is 26.8. The zero-order chi connectivity index (χ0) is 12.7. The fraction of sp³-hybridized carbons (Fsp3) is 0.429. The molecule has 0 bridgehead atoms. The van der Waals surface area contributed by atoms with Crippen LogP contribution in [-0.2, 0) is 4.74 Å².